The van der Waals surface area contributed by atoms with Crippen LogP contribution in [-0.2, 0) is 6.42 Å². The van der Waals surface area contributed by atoms with Gasteiger partial charge in [0, 0.05) is 5.69 Å². The lowest BCUT2D eigenvalue weighted by molar-refractivity contribution is -0.208. The Balaban J connectivity index is 2.95. The Bertz CT molecular complexity index is 311. The first kappa shape index (κ1) is 11.0. The Hall–Kier alpha value is -1.10. The molecule has 78 valence electrons. The van der Waals surface area contributed by atoms with Gasteiger partial charge < -0.3 is 5.11 Å². The Morgan fingerprint density at radius 3 is 2.57 bits per heavy atom. The molecule has 1 heterocycles. The number of rotatable bonds is 2. The largest absolute Gasteiger partial charge is 0.420 e. The van der Waals surface area contributed by atoms with Gasteiger partial charge >= 0.3 is 6.18 Å². The van der Waals surface area contributed by atoms with E-state index in [1.54, 1.807) is 13.0 Å². The SMILES string of the molecule is CCc1cccc(C(O)C(F)(F)F)n1. The van der Waals surface area contributed by atoms with E-state index >= 15 is 0 Å². The van der Waals surface area contributed by atoms with Crippen molar-refractivity contribution in [3.63, 3.8) is 0 Å². The fraction of sp³-hybridized carbons (Fsp3) is 0.444. The molecule has 0 fully saturated rings. The van der Waals surface area contributed by atoms with Gasteiger partial charge in [-0.15, -0.1) is 0 Å². The quantitative estimate of drug-likeness (QED) is 0.803. The molecule has 1 rings (SSSR count). The summed E-state index contributed by atoms with van der Waals surface area (Å²) < 4.78 is 36.2. The van der Waals surface area contributed by atoms with E-state index in [2.05, 4.69) is 4.98 Å². The highest BCUT2D eigenvalue weighted by Crippen LogP contribution is 2.31. The molecule has 0 saturated heterocycles. The Morgan fingerprint density at radius 2 is 2.07 bits per heavy atom. The van der Waals surface area contributed by atoms with Gasteiger partial charge in [0.15, 0.2) is 6.10 Å². The molecule has 1 N–H and O–H groups in total. The molecule has 0 aliphatic rings. The molecule has 0 aliphatic heterocycles. The normalized spacial score (nSPS) is 14.1. The van der Waals surface area contributed by atoms with E-state index in [0.717, 1.165) is 6.07 Å². The molecule has 5 heteroatoms. The molecule has 2 nitrogen and oxygen atoms in total. The first-order valence-electron chi connectivity index (χ1n) is 4.15. The summed E-state index contributed by atoms with van der Waals surface area (Å²) in [5, 5.41) is 8.89. The van der Waals surface area contributed by atoms with E-state index in [4.69, 9.17) is 5.11 Å². The molecule has 0 bridgehead atoms. The highest BCUT2D eigenvalue weighted by atomic mass is 19.4. The molecular weight excluding hydrogens is 195 g/mol. The Kier molecular flexibility index (Phi) is 3.10. The summed E-state index contributed by atoms with van der Waals surface area (Å²) in [6.07, 6.45) is -6.60. The zero-order chi connectivity index (χ0) is 10.8. The van der Waals surface area contributed by atoms with Crippen molar-refractivity contribution in [2.75, 3.05) is 0 Å². The van der Waals surface area contributed by atoms with Crippen LogP contribution in [0.25, 0.3) is 0 Å². The number of nitrogens with zero attached hydrogens (tertiary/aromatic N) is 1. The second-order valence-corrected chi connectivity index (χ2v) is 2.85. The van der Waals surface area contributed by atoms with Gasteiger partial charge in [-0.3, -0.25) is 4.98 Å². The van der Waals surface area contributed by atoms with Crippen molar-refractivity contribution in [1.29, 1.82) is 0 Å². The molecular formula is C9H10F3NO. The molecule has 14 heavy (non-hydrogen) atoms. The fourth-order valence-electron chi connectivity index (χ4n) is 1.02. The minimum absolute atomic E-state index is 0.350. The topological polar surface area (TPSA) is 33.1 Å². The van der Waals surface area contributed by atoms with Crippen LogP contribution in [0.4, 0.5) is 13.2 Å². The first-order chi connectivity index (χ1) is 6.45. The van der Waals surface area contributed by atoms with Gasteiger partial charge in [0.05, 0.1) is 5.69 Å². The number of halogens is 3. The zero-order valence-electron chi connectivity index (χ0n) is 7.54. The maximum atomic E-state index is 12.1. The predicted molar refractivity (Wildman–Crippen MR) is 44.6 cm³/mol. The van der Waals surface area contributed by atoms with Crippen molar-refractivity contribution in [2.24, 2.45) is 0 Å². The third-order valence-electron chi connectivity index (χ3n) is 1.78. The van der Waals surface area contributed by atoms with Gasteiger partial charge in [0.2, 0.25) is 0 Å². The minimum atomic E-state index is -4.65. The van der Waals surface area contributed by atoms with Crippen LogP contribution < -0.4 is 0 Å². The number of hydrogen-bond acceptors (Lipinski definition) is 2. The van der Waals surface area contributed by atoms with Crippen molar-refractivity contribution in [2.45, 2.75) is 25.6 Å². The third kappa shape index (κ3) is 2.45. The molecule has 1 unspecified atom stereocenters. The molecule has 0 radical (unpaired) electrons. The van der Waals surface area contributed by atoms with Gasteiger partial charge in [0.25, 0.3) is 0 Å². The minimum Gasteiger partial charge on any atom is -0.378 e. The van der Waals surface area contributed by atoms with E-state index < -0.39 is 12.3 Å². The molecule has 1 aromatic heterocycles. The number of pyridine rings is 1. The van der Waals surface area contributed by atoms with Gasteiger partial charge in [-0.1, -0.05) is 13.0 Å². The van der Waals surface area contributed by atoms with E-state index in [9.17, 15) is 13.2 Å². The van der Waals surface area contributed by atoms with Crippen molar-refractivity contribution in [3.8, 4) is 0 Å². The number of hydrogen-bond donors (Lipinski definition) is 1. The van der Waals surface area contributed by atoms with Crippen LogP contribution in [0, 0.1) is 0 Å². The van der Waals surface area contributed by atoms with Crippen molar-refractivity contribution in [3.05, 3.63) is 29.6 Å². The molecule has 1 atom stereocenters. The van der Waals surface area contributed by atoms with Crippen LogP contribution in [0.5, 0.6) is 0 Å². The highest BCUT2D eigenvalue weighted by Gasteiger charge is 2.40. The second-order valence-electron chi connectivity index (χ2n) is 2.85. The summed E-state index contributed by atoms with van der Waals surface area (Å²) in [7, 11) is 0. The average Bonchev–Trinajstić information content (AvgIpc) is 2.15. The zero-order valence-corrected chi connectivity index (χ0v) is 7.54. The number of aliphatic hydroxyl groups is 1. The smallest absolute Gasteiger partial charge is 0.378 e. The van der Waals surface area contributed by atoms with Crippen molar-refractivity contribution >= 4 is 0 Å². The lowest BCUT2D eigenvalue weighted by atomic mass is 10.2. The number of aryl methyl sites for hydroxylation is 1. The average molecular weight is 205 g/mol. The second kappa shape index (κ2) is 3.96. The molecule has 0 aromatic carbocycles. The lowest BCUT2D eigenvalue weighted by Crippen LogP contribution is -2.21. The molecule has 1 aromatic rings. The summed E-state index contributed by atoms with van der Waals surface area (Å²) in [6, 6.07) is 4.24. The van der Waals surface area contributed by atoms with Crippen LogP contribution >= 0.6 is 0 Å². The Morgan fingerprint density at radius 1 is 1.43 bits per heavy atom. The van der Waals surface area contributed by atoms with Gasteiger partial charge in [-0.05, 0) is 18.6 Å². The maximum Gasteiger partial charge on any atom is 0.420 e. The maximum absolute atomic E-state index is 12.1. The van der Waals surface area contributed by atoms with Crippen LogP contribution in [0.1, 0.15) is 24.4 Å². The third-order valence-corrected chi connectivity index (χ3v) is 1.78. The van der Waals surface area contributed by atoms with Gasteiger partial charge in [-0.25, -0.2) is 0 Å². The van der Waals surface area contributed by atoms with E-state index in [1.165, 1.54) is 6.07 Å². The van der Waals surface area contributed by atoms with Gasteiger partial charge in [-0.2, -0.15) is 13.2 Å². The van der Waals surface area contributed by atoms with E-state index in [-0.39, 0.29) is 5.69 Å². The van der Waals surface area contributed by atoms with Crippen LogP contribution in [0.2, 0.25) is 0 Å². The van der Waals surface area contributed by atoms with Crippen molar-refractivity contribution < 1.29 is 18.3 Å². The van der Waals surface area contributed by atoms with Crippen molar-refractivity contribution in [1.82, 2.24) is 4.98 Å². The van der Waals surface area contributed by atoms with Crippen LogP contribution in [0.15, 0.2) is 18.2 Å². The standard InChI is InChI=1S/C9H10F3NO/c1-2-6-4-3-5-7(13-6)8(14)9(10,11)12/h3-5,8,14H,2H2,1H3. The molecule has 0 spiro atoms. The van der Waals surface area contributed by atoms with Gasteiger partial charge in [0.1, 0.15) is 0 Å². The summed E-state index contributed by atoms with van der Waals surface area (Å²) in [6.45, 7) is 1.78. The summed E-state index contributed by atoms with van der Waals surface area (Å²) in [5.74, 6) is 0. The summed E-state index contributed by atoms with van der Waals surface area (Å²) in [5.41, 5.74) is 0.183. The number of alkyl halides is 3. The van der Waals surface area contributed by atoms with Crippen LogP contribution in [0.3, 0.4) is 0 Å². The Labute approximate surface area is 79.4 Å². The van der Waals surface area contributed by atoms with E-state index in [1.807, 2.05) is 0 Å². The summed E-state index contributed by atoms with van der Waals surface area (Å²) in [4.78, 5) is 3.69. The monoisotopic (exact) mass is 205 g/mol. The number of aliphatic hydroxyl groups excluding tert-OH is 1. The predicted octanol–water partition coefficient (Wildman–Crippen LogP) is 2.24. The first-order valence-corrected chi connectivity index (χ1v) is 4.15. The fourth-order valence-corrected chi connectivity index (χ4v) is 1.02. The molecule has 0 aliphatic carbocycles. The highest BCUT2D eigenvalue weighted by molar-refractivity contribution is 5.14. The van der Waals surface area contributed by atoms with Crippen LogP contribution in [-0.4, -0.2) is 16.3 Å². The molecule has 0 amide bonds. The summed E-state index contributed by atoms with van der Waals surface area (Å²) >= 11 is 0. The molecule has 0 saturated carbocycles. The lowest BCUT2D eigenvalue weighted by Gasteiger charge is -2.14. The van der Waals surface area contributed by atoms with E-state index in [0.29, 0.717) is 12.1 Å². The number of aromatic nitrogens is 1.